The molecule has 2 rings (SSSR count). The molecule has 110 valence electrons. The van der Waals surface area contributed by atoms with Gasteiger partial charge in [0.05, 0.1) is 16.1 Å². The Bertz CT molecular complexity index is 506. The van der Waals surface area contributed by atoms with Crippen LogP contribution in [0.1, 0.15) is 43.0 Å². The zero-order valence-electron chi connectivity index (χ0n) is 11.8. The van der Waals surface area contributed by atoms with Crippen molar-refractivity contribution >= 4 is 23.2 Å². The van der Waals surface area contributed by atoms with Gasteiger partial charge in [0.2, 0.25) is 0 Å². The second-order valence-corrected chi connectivity index (χ2v) is 6.07. The molecule has 0 aromatic heterocycles. The molecule has 0 heterocycles. The third-order valence-corrected chi connectivity index (χ3v) is 4.78. The summed E-state index contributed by atoms with van der Waals surface area (Å²) < 4.78 is 0. The second-order valence-electron chi connectivity index (χ2n) is 5.66. The van der Waals surface area contributed by atoms with Crippen molar-refractivity contribution in [2.45, 2.75) is 38.1 Å². The number of hydrogen-bond acceptors (Lipinski definition) is 3. The molecule has 1 amide bonds. The van der Waals surface area contributed by atoms with E-state index in [0.717, 1.165) is 19.3 Å². The van der Waals surface area contributed by atoms with Crippen LogP contribution in [0.4, 0.5) is 5.69 Å². The van der Waals surface area contributed by atoms with E-state index in [-0.39, 0.29) is 5.54 Å². The number of amides is 1. The predicted octanol–water partition coefficient (Wildman–Crippen LogP) is 2.76. The highest BCUT2D eigenvalue weighted by molar-refractivity contribution is 6.34. The van der Waals surface area contributed by atoms with Gasteiger partial charge in [-0.25, -0.2) is 0 Å². The molecule has 0 aliphatic heterocycles. The van der Waals surface area contributed by atoms with Crippen molar-refractivity contribution in [2.75, 3.05) is 11.9 Å². The first-order valence-corrected chi connectivity index (χ1v) is 7.44. The standard InChI is InChI=1S/C15H22ClN3O/c1-10-5-2-3-8-15(10,9-17)19-12-7-4-6-11(16)13(12)14(18)20/h4,6-7,10,19H,2-3,5,8-9,17H2,1H3,(H2,18,20). The molecule has 1 aromatic carbocycles. The topological polar surface area (TPSA) is 81.1 Å². The lowest BCUT2D eigenvalue weighted by Gasteiger charge is -2.43. The summed E-state index contributed by atoms with van der Waals surface area (Å²) >= 11 is 6.09. The van der Waals surface area contributed by atoms with Crippen molar-refractivity contribution in [1.29, 1.82) is 0 Å². The summed E-state index contributed by atoms with van der Waals surface area (Å²) in [6.45, 7) is 2.73. The fourth-order valence-corrected chi connectivity index (χ4v) is 3.37. The largest absolute Gasteiger partial charge is 0.377 e. The zero-order valence-corrected chi connectivity index (χ0v) is 12.5. The number of carbonyl (C=O) groups is 1. The molecule has 4 nitrogen and oxygen atoms in total. The first-order chi connectivity index (χ1) is 9.50. The van der Waals surface area contributed by atoms with Gasteiger partial charge in [-0.2, -0.15) is 0 Å². The Balaban J connectivity index is 2.37. The summed E-state index contributed by atoms with van der Waals surface area (Å²) in [7, 11) is 0. The van der Waals surface area contributed by atoms with Crippen molar-refractivity contribution in [1.82, 2.24) is 0 Å². The molecule has 5 heteroatoms. The van der Waals surface area contributed by atoms with E-state index in [9.17, 15) is 4.79 Å². The number of benzene rings is 1. The summed E-state index contributed by atoms with van der Waals surface area (Å²) in [6, 6.07) is 5.33. The average molecular weight is 296 g/mol. The number of primary amides is 1. The fourth-order valence-electron chi connectivity index (χ4n) is 3.10. The van der Waals surface area contributed by atoms with Gasteiger partial charge in [0.25, 0.3) is 5.91 Å². The van der Waals surface area contributed by atoms with Crippen LogP contribution in [0.5, 0.6) is 0 Å². The number of anilines is 1. The molecule has 2 atom stereocenters. The fraction of sp³-hybridized carbons (Fsp3) is 0.533. The second kappa shape index (κ2) is 6.02. The van der Waals surface area contributed by atoms with Gasteiger partial charge in [0.15, 0.2) is 0 Å². The van der Waals surface area contributed by atoms with E-state index < -0.39 is 5.91 Å². The van der Waals surface area contributed by atoms with Crippen LogP contribution < -0.4 is 16.8 Å². The van der Waals surface area contributed by atoms with E-state index in [1.807, 2.05) is 12.1 Å². The van der Waals surface area contributed by atoms with E-state index in [1.165, 1.54) is 6.42 Å². The van der Waals surface area contributed by atoms with Gasteiger partial charge in [0.1, 0.15) is 0 Å². The Kier molecular flexibility index (Phi) is 4.55. The number of nitrogens with one attached hydrogen (secondary N) is 1. The van der Waals surface area contributed by atoms with Gasteiger partial charge in [-0.3, -0.25) is 4.79 Å². The molecule has 0 bridgehead atoms. The van der Waals surface area contributed by atoms with E-state index in [1.54, 1.807) is 6.07 Å². The van der Waals surface area contributed by atoms with Crippen LogP contribution in [-0.2, 0) is 0 Å². The molecule has 1 saturated carbocycles. The third kappa shape index (κ3) is 2.76. The highest BCUT2D eigenvalue weighted by Crippen LogP contribution is 2.37. The molecule has 20 heavy (non-hydrogen) atoms. The molecule has 2 unspecified atom stereocenters. The van der Waals surface area contributed by atoms with Crippen molar-refractivity contribution in [3.8, 4) is 0 Å². The smallest absolute Gasteiger partial charge is 0.252 e. The van der Waals surface area contributed by atoms with Crippen LogP contribution in [0.2, 0.25) is 5.02 Å². The Hall–Kier alpha value is -1.26. The van der Waals surface area contributed by atoms with Crippen LogP contribution in [-0.4, -0.2) is 18.0 Å². The van der Waals surface area contributed by atoms with Crippen molar-refractivity contribution in [3.05, 3.63) is 28.8 Å². The number of hydrogen-bond donors (Lipinski definition) is 3. The van der Waals surface area contributed by atoms with Gasteiger partial charge in [-0.15, -0.1) is 0 Å². The zero-order chi connectivity index (χ0) is 14.8. The molecule has 5 N–H and O–H groups in total. The predicted molar refractivity (Wildman–Crippen MR) is 83.0 cm³/mol. The van der Waals surface area contributed by atoms with Crippen LogP contribution in [0.3, 0.4) is 0 Å². The minimum absolute atomic E-state index is 0.187. The summed E-state index contributed by atoms with van der Waals surface area (Å²) in [4.78, 5) is 11.6. The van der Waals surface area contributed by atoms with Gasteiger partial charge in [0, 0.05) is 12.2 Å². The van der Waals surface area contributed by atoms with Crippen LogP contribution in [0.15, 0.2) is 18.2 Å². The molecular weight excluding hydrogens is 274 g/mol. The Labute approximate surface area is 124 Å². The highest BCUT2D eigenvalue weighted by Gasteiger charge is 2.37. The maximum absolute atomic E-state index is 11.6. The first-order valence-electron chi connectivity index (χ1n) is 7.07. The van der Waals surface area contributed by atoms with Crippen molar-refractivity contribution in [3.63, 3.8) is 0 Å². The van der Waals surface area contributed by atoms with Crippen LogP contribution >= 0.6 is 11.6 Å². The Morgan fingerprint density at radius 2 is 2.25 bits per heavy atom. The number of carbonyl (C=O) groups excluding carboxylic acids is 1. The first kappa shape index (κ1) is 15.1. The maximum atomic E-state index is 11.6. The third-order valence-electron chi connectivity index (χ3n) is 4.46. The van der Waals surface area contributed by atoms with E-state index in [2.05, 4.69) is 12.2 Å². The SMILES string of the molecule is CC1CCCCC1(CN)Nc1cccc(Cl)c1C(N)=O. The lowest BCUT2D eigenvalue weighted by atomic mass is 9.73. The Morgan fingerprint density at radius 1 is 1.50 bits per heavy atom. The minimum Gasteiger partial charge on any atom is -0.377 e. The van der Waals surface area contributed by atoms with E-state index in [4.69, 9.17) is 23.1 Å². The normalized spacial score (nSPS) is 26.2. The number of rotatable bonds is 4. The minimum atomic E-state index is -0.520. The molecule has 0 saturated heterocycles. The molecule has 0 spiro atoms. The van der Waals surface area contributed by atoms with Gasteiger partial charge >= 0.3 is 0 Å². The molecular formula is C15H22ClN3O. The van der Waals surface area contributed by atoms with Crippen molar-refractivity contribution in [2.24, 2.45) is 17.4 Å². The Morgan fingerprint density at radius 3 is 2.85 bits per heavy atom. The summed E-state index contributed by atoms with van der Waals surface area (Å²) in [5.41, 5.74) is 12.3. The summed E-state index contributed by atoms with van der Waals surface area (Å²) in [5, 5.41) is 3.85. The van der Waals surface area contributed by atoms with Gasteiger partial charge in [-0.05, 0) is 30.9 Å². The average Bonchev–Trinajstić information content (AvgIpc) is 2.41. The monoisotopic (exact) mass is 295 g/mol. The van der Waals surface area contributed by atoms with E-state index in [0.29, 0.717) is 28.7 Å². The molecule has 1 aromatic rings. The van der Waals surface area contributed by atoms with Gasteiger partial charge in [-0.1, -0.05) is 37.4 Å². The molecule has 1 aliphatic carbocycles. The molecule has 1 fully saturated rings. The number of nitrogens with two attached hydrogens (primary N) is 2. The lowest BCUT2D eigenvalue weighted by Crippen LogP contribution is -2.52. The van der Waals surface area contributed by atoms with Crippen LogP contribution in [0.25, 0.3) is 0 Å². The quantitative estimate of drug-likeness (QED) is 0.799. The summed E-state index contributed by atoms with van der Waals surface area (Å²) in [5.74, 6) is -0.0744. The molecule has 1 aliphatic rings. The molecule has 0 radical (unpaired) electrons. The van der Waals surface area contributed by atoms with Gasteiger partial charge < -0.3 is 16.8 Å². The highest BCUT2D eigenvalue weighted by atomic mass is 35.5. The maximum Gasteiger partial charge on any atom is 0.252 e. The van der Waals surface area contributed by atoms with Crippen LogP contribution in [0, 0.1) is 5.92 Å². The van der Waals surface area contributed by atoms with Crippen molar-refractivity contribution < 1.29 is 4.79 Å². The lowest BCUT2D eigenvalue weighted by molar-refractivity contribution is 0.100. The number of halogens is 1. The van der Waals surface area contributed by atoms with E-state index >= 15 is 0 Å². The summed E-state index contributed by atoms with van der Waals surface area (Å²) in [6.07, 6.45) is 4.50.